The predicted molar refractivity (Wildman–Crippen MR) is 121 cm³/mol. The highest BCUT2D eigenvalue weighted by atomic mass is 32.2. The SMILES string of the molecule is O=C(O)CCCN1C(=O)/C(=C/C(=C\N2CCOCC2)c2nc3ccccc3o2)SC1=S. The number of amides is 1. The molecule has 31 heavy (non-hydrogen) atoms. The molecule has 0 spiro atoms. The monoisotopic (exact) mass is 459 g/mol. The molecule has 1 aromatic carbocycles. The number of aromatic nitrogens is 1. The van der Waals surface area contributed by atoms with Crippen LogP contribution in [0.1, 0.15) is 18.7 Å². The minimum absolute atomic E-state index is 0.0127. The number of benzene rings is 1. The number of carbonyl (C=O) groups excluding carboxylic acids is 1. The number of thiocarbonyl (C=S) groups is 1. The van der Waals surface area contributed by atoms with Crippen LogP contribution in [0.2, 0.25) is 0 Å². The van der Waals surface area contributed by atoms with Crippen LogP contribution in [0.3, 0.4) is 0 Å². The topological polar surface area (TPSA) is 96.1 Å². The second-order valence-corrected chi connectivity index (χ2v) is 8.73. The molecule has 0 saturated carbocycles. The van der Waals surface area contributed by atoms with Gasteiger partial charge in [-0.25, -0.2) is 4.98 Å². The molecule has 162 valence electrons. The van der Waals surface area contributed by atoms with E-state index in [0.29, 0.717) is 45.9 Å². The molecular weight excluding hydrogens is 438 g/mol. The van der Waals surface area contributed by atoms with Gasteiger partial charge in [0.15, 0.2) is 5.58 Å². The Balaban J connectivity index is 1.63. The number of hydrogen-bond donors (Lipinski definition) is 1. The van der Waals surface area contributed by atoms with Gasteiger partial charge in [0.25, 0.3) is 5.91 Å². The molecule has 1 N–H and O–H groups in total. The molecule has 0 unspecified atom stereocenters. The van der Waals surface area contributed by atoms with Crippen molar-refractivity contribution in [3.63, 3.8) is 0 Å². The third kappa shape index (κ3) is 5.15. The zero-order valence-corrected chi connectivity index (χ0v) is 18.3. The van der Waals surface area contributed by atoms with Gasteiger partial charge in [0.2, 0.25) is 5.89 Å². The molecule has 10 heteroatoms. The van der Waals surface area contributed by atoms with Crippen LogP contribution in [0.4, 0.5) is 0 Å². The van der Waals surface area contributed by atoms with Crippen LogP contribution >= 0.6 is 24.0 Å². The van der Waals surface area contributed by atoms with E-state index < -0.39 is 5.97 Å². The Labute approximate surface area is 188 Å². The van der Waals surface area contributed by atoms with Crippen molar-refractivity contribution in [2.45, 2.75) is 12.8 Å². The van der Waals surface area contributed by atoms with E-state index >= 15 is 0 Å². The summed E-state index contributed by atoms with van der Waals surface area (Å²) < 4.78 is 11.8. The fourth-order valence-corrected chi connectivity index (χ4v) is 4.58. The van der Waals surface area contributed by atoms with E-state index in [9.17, 15) is 9.59 Å². The van der Waals surface area contributed by atoms with E-state index in [1.165, 1.54) is 16.7 Å². The van der Waals surface area contributed by atoms with Crippen LogP contribution in [0.5, 0.6) is 0 Å². The first-order chi connectivity index (χ1) is 15.0. The van der Waals surface area contributed by atoms with Gasteiger partial charge in [-0.3, -0.25) is 14.5 Å². The number of rotatable bonds is 7. The Kier molecular flexibility index (Phi) is 6.69. The first-order valence-electron chi connectivity index (χ1n) is 9.88. The van der Waals surface area contributed by atoms with Crippen molar-refractivity contribution in [1.29, 1.82) is 0 Å². The molecule has 8 nitrogen and oxygen atoms in total. The van der Waals surface area contributed by atoms with Crippen molar-refractivity contribution < 1.29 is 23.8 Å². The largest absolute Gasteiger partial charge is 0.481 e. The number of aliphatic carboxylic acids is 1. The highest BCUT2D eigenvalue weighted by Gasteiger charge is 2.32. The van der Waals surface area contributed by atoms with Crippen molar-refractivity contribution in [2.24, 2.45) is 0 Å². The minimum Gasteiger partial charge on any atom is -0.481 e. The second kappa shape index (κ2) is 9.63. The van der Waals surface area contributed by atoms with Crippen LogP contribution < -0.4 is 0 Å². The molecule has 2 aliphatic rings. The Hall–Kier alpha value is -2.69. The first-order valence-corrected chi connectivity index (χ1v) is 11.1. The number of para-hydroxylation sites is 2. The highest BCUT2D eigenvalue weighted by molar-refractivity contribution is 8.26. The lowest BCUT2D eigenvalue weighted by Gasteiger charge is -2.25. The Morgan fingerprint density at radius 1 is 1.29 bits per heavy atom. The molecule has 2 aromatic rings. The van der Waals surface area contributed by atoms with Gasteiger partial charge >= 0.3 is 5.97 Å². The summed E-state index contributed by atoms with van der Waals surface area (Å²) in [5.41, 5.74) is 2.07. The molecule has 0 bridgehead atoms. The van der Waals surface area contributed by atoms with Crippen molar-refractivity contribution in [2.75, 3.05) is 32.8 Å². The molecule has 1 aromatic heterocycles. The van der Waals surface area contributed by atoms with Gasteiger partial charge < -0.3 is 19.2 Å². The van der Waals surface area contributed by atoms with Crippen LogP contribution in [0, 0.1) is 0 Å². The summed E-state index contributed by atoms with van der Waals surface area (Å²) in [6, 6.07) is 7.49. The standard InChI is InChI=1S/C21H21N3O5S2/c25-18(26)6-3-7-24-20(27)17(31-21(24)30)12-14(13-23-8-10-28-11-9-23)19-22-15-4-1-2-5-16(15)29-19/h1-2,4-5,12-13H,3,6-11H2,(H,25,26)/b14-13+,17-12-. The number of carboxylic acid groups (broad SMARTS) is 1. The number of morpholine rings is 1. The lowest BCUT2D eigenvalue weighted by molar-refractivity contribution is -0.137. The van der Waals surface area contributed by atoms with Gasteiger partial charge in [-0.1, -0.05) is 36.1 Å². The fourth-order valence-electron chi connectivity index (χ4n) is 3.28. The van der Waals surface area contributed by atoms with Crippen LogP contribution in [0.15, 0.2) is 45.9 Å². The summed E-state index contributed by atoms with van der Waals surface area (Å²) in [7, 11) is 0. The van der Waals surface area contributed by atoms with Crippen molar-refractivity contribution in [3.8, 4) is 0 Å². The fraction of sp³-hybridized carbons (Fsp3) is 0.333. The van der Waals surface area contributed by atoms with Gasteiger partial charge in [-0.05, 0) is 24.6 Å². The third-order valence-electron chi connectivity index (χ3n) is 4.84. The van der Waals surface area contributed by atoms with Crippen molar-refractivity contribution in [3.05, 3.63) is 47.3 Å². The molecule has 1 amide bonds. The lowest BCUT2D eigenvalue weighted by atomic mass is 10.2. The van der Waals surface area contributed by atoms with Gasteiger partial charge in [0.1, 0.15) is 9.84 Å². The van der Waals surface area contributed by atoms with E-state index in [1.54, 1.807) is 6.08 Å². The number of ether oxygens (including phenoxy) is 1. The average molecular weight is 460 g/mol. The number of carbonyl (C=O) groups is 2. The van der Waals surface area contributed by atoms with Gasteiger partial charge in [-0.15, -0.1) is 0 Å². The van der Waals surface area contributed by atoms with Gasteiger partial charge in [0.05, 0.1) is 23.7 Å². The smallest absolute Gasteiger partial charge is 0.303 e. The maximum absolute atomic E-state index is 12.9. The number of nitrogens with zero attached hydrogens (tertiary/aromatic N) is 3. The number of oxazole rings is 1. The molecule has 0 radical (unpaired) electrons. The molecule has 0 aliphatic carbocycles. The lowest BCUT2D eigenvalue weighted by Crippen LogP contribution is -2.32. The van der Waals surface area contributed by atoms with Gasteiger partial charge in [-0.2, -0.15) is 0 Å². The second-order valence-electron chi connectivity index (χ2n) is 7.05. The number of thioether (sulfide) groups is 1. The van der Waals surface area contributed by atoms with Gasteiger partial charge in [0, 0.05) is 32.3 Å². The molecule has 0 atom stereocenters. The Bertz CT molecular complexity index is 1040. The molecule has 2 fully saturated rings. The van der Waals surface area contributed by atoms with E-state index in [0.717, 1.165) is 18.6 Å². The Morgan fingerprint density at radius 3 is 2.81 bits per heavy atom. The van der Waals surface area contributed by atoms with Crippen LogP contribution in [-0.4, -0.2) is 68.9 Å². The Morgan fingerprint density at radius 2 is 2.06 bits per heavy atom. The van der Waals surface area contributed by atoms with Crippen LogP contribution in [-0.2, 0) is 14.3 Å². The maximum atomic E-state index is 12.9. The minimum atomic E-state index is -0.896. The maximum Gasteiger partial charge on any atom is 0.303 e. The number of carboxylic acids is 1. The summed E-state index contributed by atoms with van der Waals surface area (Å²) in [6.07, 6.45) is 4.01. The summed E-state index contributed by atoms with van der Waals surface area (Å²) >= 11 is 6.55. The zero-order valence-electron chi connectivity index (χ0n) is 16.7. The van der Waals surface area contributed by atoms with E-state index in [2.05, 4.69) is 9.88 Å². The van der Waals surface area contributed by atoms with E-state index in [-0.39, 0.29) is 18.9 Å². The number of hydrogen-bond acceptors (Lipinski definition) is 8. The normalized spacial score (nSPS) is 19.1. The van der Waals surface area contributed by atoms with Crippen molar-refractivity contribution >= 4 is 56.8 Å². The molecule has 3 heterocycles. The van der Waals surface area contributed by atoms with Crippen molar-refractivity contribution in [1.82, 2.24) is 14.8 Å². The molecule has 4 rings (SSSR count). The zero-order chi connectivity index (χ0) is 21.8. The summed E-state index contributed by atoms with van der Waals surface area (Å²) in [6.45, 7) is 2.99. The number of fused-ring (bicyclic) bond motifs is 1. The summed E-state index contributed by atoms with van der Waals surface area (Å²) in [5.74, 6) is -0.708. The molecular formula is C21H21N3O5S2. The number of allylic oxidation sites excluding steroid dienone is 2. The third-order valence-corrected chi connectivity index (χ3v) is 6.22. The van der Waals surface area contributed by atoms with E-state index in [1.807, 2.05) is 30.5 Å². The molecule has 2 aliphatic heterocycles. The molecule has 2 saturated heterocycles. The summed E-state index contributed by atoms with van der Waals surface area (Å²) in [4.78, 5) is 32.3. The van der Waals surface area contributed by atoms with E-state index in [4.69, 9.17) is 26.5 Å². The predicted octanol–water partition coefficient (Wildman–Crippen LogP) is 3.11. The highest BCUT2D eigenvalue weighted by Crippen LogP contribution is 2.34. The average Bonchev–Trinajstić information content (AvgIpc) is 3.30. The summed E-state index contributed by atoms with van der Waals surface area (Å²) in [5, 5.41) is 8.84. The quantitative estimate of drug-likeness (QED) is 0.495. The first kappa shape index (κ1) is 21.5. The van der Waals surface area contributed by atoms with Crippen LogP contribution in [0.25, 0.3) is 16.7 Å².